The van der Waals surface area contributed by atoms with E-state index in [0.29, 0.717) is 10.7 Å². The molecule has 0 aliphatic rings. The summed E-state index contributed by atoms with van der Waals surface area (Å²) < 4.78 is 7.85. The van der Waals surface area contributed by atoms with Crippen molar-refractivity contribution in [1.82, 2.24) is 14.7 Å². The van der Waals surface area contributed by atoms with Crippen molar-refractivity contribution in [2.24, 2.45) is 0 Å². The first-order valence-electron chi connectivity index (χ1n) is 9.39. The Labute approximate surface area is 175 Å². The van der Waals surface area contributed by atoms with E-state index in [1.165, 1.54) is 24.3 Å². The van der Waals surface area contributed by atoms with Crippen molar-refractivity contribution >= 4 is 38.4 Å². The Balaban J connectivity index is 1.49. The Bertz CT molecular complexity index is 1280. The van der Waals surface area contributed by atoms with Gasteiger partial charge in [0.2, 0.25) is 5.91 Å². The van der Waals surface area contributed by atoms with Crippen LogP contribution in [0.4, 0.5) is 0 Å². The molecule has 8 heteroatoms. The molecule has 0 saturated carbocycles. The average molecular weight is 421 g/mol. The Kier molecular flexibility index (Phi) is 5.58. The van der Waals surface area contributed by atoms with Gasteiger partial charge in [0.15, 0.2) is 4.96 Å². The number of esters is 1. The molecule has 4 rings (SSSR count). The number of hydrogen-bond acceptors (Lipinski definition) is 6. The molecule has 152 valence electrons. The zero-order chi connectivity index (χ0) is 21.1. The third kappa shape index (κ3) is 4.23. The van der Waals surface area contributed by atoms with E-state index in [-0.39, 0.29) is 24.5 Å². The van der Waals surface area contributed by atoms with Crippen LogP contribution in [0.1, 0.15) is 30.6 Å². The number of carbonyl (C=O) groups excluding carboxylic acids is 2. The van der Waals surface area contributed by atoms with Crippen LogP contribution in [0.2, 0.25) is 0 Å². The lowest BCUT2D eigenvalue weighted by atomic mass is 10.0. The van der Waals surface area contributed by atoms with Crippen LogP contribution in [0.15, 0.2) is 65.5 Å². The third-order valence-corrected chi connectivity index (χ3v) is 5.60. The summed E-state index contributed by atoms with van der Waals surface area (Å²) in [6.45, 7) is 1.29. The first-order chi connectivity index (χ1) is 14.5. The Hall–Kier alpha value is -3.52. The zero-order valence-corrected chi connectivity index (χ0v) is 17.0. The van der Waals surface area contributed by atoms with Crippen LogP contribution >= 0.6 is 11.3 Å². The standard InChI is InChI=1S/C22H19N3O4S/c1-14(26)23-17(15-7-3-2-4-8-15)12-21(28)29-13-16-11-20(27)25-18-9-5-6-10-19(18)30-22(25)24-16/h2-11,17H,12-13H2,1H3,(H,23,26). The van der Waals surface area contributed by atoms with Gasteiger partial charge in [-0.05, 0) is 17.7 Å². The smallest absolute Gasteiger partial charge is 0.308 e. The fourth-order valence-corrected chi connectivity index (χ4v) is 4.31. The first-order valence-corrected chi connectivity index (χ1v) is 10.2. The molecule has 2 heterocycles. The molecule has 0 spiro atoms. The van der Waals surface area contributed by atoms with E-state index >= 15 is 0 Å². The summed E-state index contributed by atoms with van der Waals surface area (Å²) in [5.74, 6) is -0.725. The normalized spacial score (nSPS) is 12.0. The predicted octanol–water partition coefficient (Wildman–Crippen LogP) is 3.22. The molecule has 30 heavy (non-hydrogen) atoms. The molecular weight excluding hydrogens is 402 g/mol. The monoisotopic (exact) mass is 421 g/mol. The van der Waals surface area contributed by atoms with Crippen molar-refractivity contribution in [3.05, 3.63) is 82.3 Å². The Morgan fingerprint density at radius 3 is 2.63 bits per heavy atom. The maximum Gasteiger partial charge on any atom is 0.308 e. The number of para-hydroxylation sites is 1. The van der Waals surface area contributed by atoms with E-state index in [0.717, 1.165) is 15.8 Å². The second-order valence-electron chi connectivity index (χ2n) is 6.80. The maximum atomic E-state index is 12.5. The largest absolute Gasteiger partial charge is 0.459 e. The molecule has 0 aliphatic heterocycles. The number of aromatic nitrogens is 2. The highest BCUT2D eigenvalue weighted by Crippen LogP contribution is 2.23. The Morgan fingerprint density at radius 2 is 1.87 bits per heavy atom. The van der Waals surface area contributed by atoms with Crippen LogP contribution in [0.5, 0.6) is 0 Å². The van der Waals surface area contributed by atoms with Crippen molar-refractivity contribution < 1.29 is 14.3 Å². The molecule has 1 N–H and O–H groups in total. The minimum atomic E-state index is -0.490. The van der Waals surface area contributed by atoms with Gasteiger partial charge in [-0.1, -0.05) is 53.8 Å². The van der Waals surface area contributed by atoms with Crippen LogP contribution in [-0.4, -0.2) is 21.3 Å². The van der Waals surface area contributed by atoms with Gasteiger partial charge in [-0.2, -0.15) is 0 Å². The summed E-state index contributed by atoms with van der Waals surface area (Å²) in [7, 11) is 0. The molecule has 4 aromatic rings. The van der Waals surface area contributed by atoms with Crippen molar-refractivity contribution in [2.75, 3.05) is 0 Å². The van der Waals surface area contributed by atoms with Crippen LogP contribution in [0.3, 0.4) is 0 Å². The van der Waals surface area contributed by atoms with E-state index in [1.807, 2.05) is 54.6 Å². The molecule has 0 aliphatic carbocycles. The van der Waals surface area contributed by atoms with Gasteiger partial charge < -0.3 is 10.1 Å². The summed E-state index contributed by atoms with van der Waals surface area (Å²) in [6.07, 6.45) is -0.0201. The molecule has 0 bridgehead atoms. The third-order valence-electron chi connectivity index (χ3n) is 4.58. The summed E-state index contributed by atoms with van der Waals surface area (Å²) in [5.41, 5.74) is 1.78. The molecular formula is C22H19N3O4S. The number of thiazole rings is 1. The molecule has 2 aromatic heterocycles. The van der Waals surface area contributed by atoms with Crippen molar-refractivity contribution in [2.45, 2.75) is 26.0 Å². The molecule has 0 saturated heterocycles. The minimum absolute atomic E-state index is 0.0201. The quantitative estimate of drug-likeness (QED) is 0.483. The van der Waals surface area contributed by atoms with Gasteiger partial charge in [0.25, 0.3) is 5.56 Å². The second-order valence-corrected chi connectivity index (χ2v) is 7.81. The number of hydrogen-bond donors (Lipinski definition) is 1. The highest BCUT2D eigenvalue weighted by molar-refractivity contribution is 7.23. The van der Waals surface area contributed by atoms with Crippen LogP contribution in [0, 0.1) is 0 Å². The van der Waals surface area contributed by atoms with Gasteiger partial charge in [-0.15, -0.1) is 0 Å². The zero-order valence-electron chi connectivity index (χ0n) is 16.2. The molecule has 0 fully saturated rings. The minimum Gasteiger partial charge on any atom is -0.459 e. The van der Waals surface area contributed by atoms with Gasteiger partial charge in [-0.3, -0.25) is 18.8 Å². The lowest BCUT2D eigenvalue weighted by molar-refractivity contribution is -0.145. The summed E-state index contributed by atoms with van der Waals surface area (Å²) >= 11 is 1.40. The molecule has 7 nitrogen and oxygen atoms in total. The lowest BCUT2D eigenvalue weighted by Gasteiger charge is -2.17. The molecule has 0 radical (unpaired) electrons. The van der Waals surface area contributed by atoms with Gasteiger partial charge in [0, 0.05) is 13.0 Å². The number of rotatable bonds is 6. The molecule has 1 unspecified atom stereocenters. The number of ether oxygens (including phenoxy) is 1. The highest BCUT2D eigenvalue weighted by atomic mass is 32.1. The fourth-order valence-electron chi connectivity index (χ4n) is 3.26. The maximum absolute atomic E-state index is 12.5. The van der Waals surface area contributed by atoms with Crippen molar-refractivity contribution in [3.8, 4) is 0 Å². The van der Waals surface area contributed by atoms with Crippen molar-refractivity contribution in [3.63, 3.8) is 0 Å². The van der Waals surface area contributed by atoms with E-state index in [1.54, 1.807) is 4.40 Å². The van der Waals surface area contributed by atoms with Crippen LogP contribution < -0.4 is 10.9 Å². The van der Waals surface area contributed by atoms with Gasteiger partial charge >= 0.3 is 5.97 Å². The summed E-state index contributed by atoms with van der Waals surface area (Å²) in [4.78, 5) is 41.5. The van der Waals surface area contributed by atoms with E-state index in [2.05, 4.69) is 10.3 Å². The summed E-state index contributed by atoms with van der Waals surface area (Å²) in [6, 6.07) is 17.7. The van der Waals surface area contributed by atoms with E-state index in [4.69, 9.17) is 4.74 Å². The number of nitrogens with one attached hydrogen (secondary N) is 1. The van der Waals surface area contributed by atoms with E-state index in [9.17, 15) is 14.4 Å². The lowest BCUT2D eigenvalue weighted by Crippen LogP contribution is -2.28. The van der Waals surface area contributed by atoms with Gasteiger partial charge in [-0.25, -0.2) is 4.98 Å². The molecule has 1 amide bonds. The van der Waals surface area contributed by atoms with Crippen LogP contribution in [0.25, 0.3) is 15.2 Å². The highest BCUT2D eigenvalue weighted by Gasteiger charge is 2.18. The molecule has 2 aromatic carbocycles. The van der Waals surface area contributed by atoms with Gasteiger partial charge in [0.05, 0.1) is 28.4 Å². The number of nitrogens with zero attached hydrogens (tertiary/aromatic N) is 2. The SMILES string of the molecule is CC(=O)NC(CC(=O)OCc1cc(=O)n2c(n1)sc1ccccc12)c1ccccc1. The topological polar surface area (TPSA) is 89.8 Å². The van der Waals surface area contributed by atoms with Crippen LogP contribution in [-0.2, 0) is 20.9 Å². The second kappa shape index (κ2) is 8.46. The molecule has 1 atom stereocenters. The van der Waals surface area contributed by atoms with Gasteiger partial charge in [0.1, 0.15) is 6.61 Å². The predicted molar refractivity (Wildman–Crippen MR) is 114 cm³/mol. The number of carbonyl (C=O) groups is 2. The summed E-state index contributed by atoms with van der Waals surface area (Å²) in [5, 5.41) is 2.77. The Morgan fingerprint density at radius 1 is 1.13 bits per heavy atom. The van der Waals surface area contributed by atoms with E-state index < -0.39 is 12.0 Å². The van der Waals surface area contributed by atoms with Crippen molar-refractivity contribution in [1.29, 1.82) is 0 Å². The average Bonchev–Trinajstić information content (AvgIpc) is 3.11. The first kappa shape index (κ1) is 19.8. The number of amides is 1. The fraction of sp³-hybridized carbons (Fsp3) is 0.182. The number of fused-ring (bicyclic) bond motifs is 3. The number of benzene rings is 2.